The molecular formula is C14H21NO. The molecule has 1 aliphatic heterocycles. The molecule has 1 aromatic rings. The first-order chi connectivity index (χ1) is 7.63. The van der Waals surface area contributed by atoms with Crippen LogP contribution in [0.3, 0.4) is 0 Å². The lowest BCUT2D eigenvalue weighted by Crippen LogP contribution is -2.61. The molecule has 0 spiro atoms. The Morgan fingerprint density at radius 3 is 2.50 bits per heavy atom. The third-order valence-corrected chi connectivity index (χ3v) is 3.51. The van der Waals surface area contributed by atoms with Gasteiger partial charge in [-0.3, -0.25) is 4.90 Å². The van der Waals surface area contributed by atoms with Crippen LogP contribution in [-0.4, -0.2) is 37.2 Å². The van der Waals surface area contributed by atoms with E-state index < -0.39 is 0 Å². The van der Waals surface area contributed by atoms with Crippen LogP contribution >= 0.6 is 0 Å². The molecule has 1 heterocycles. The van der Waals surface area contributed by atoms with Gasteiger partial charge in [0.05, 0.1) is 5.60 Å². The van der Waals surface area contributed by atoms with Crippen LogP contribution in [0.5, 0.6) is 0 Å². The molecule has 88 valence electrons. The maximum absolute atomic E-state index is 5.45. The predicted molar refractivity (Wildman–Crippen MR) is 66.7 cm³/mol. The molecular weight excluding hydrogens is 198 g/mol. The van der Waals surface area contributed by atoms with Gasteiger partial charge in [-0.2, -0.15) is 0 Å². The standard InChI is InChI=1S/C14H21NO/c1-12(13-7-5-4-6-8-13)9-15-10-14(2,11-15)16-3/h4-8,12H,9-11H2,1-3H3/t12-/m1/s1. The van der Waals surface area contributed by atoms with E-state index in [2.05, 4.69) is 49.1 Å². The molecule has 0 N–H and O–H groups in total. The number of methoxy groups -OCH3 is 1. The molecule has 16 heavy (non-hydrogen) atoms. The van der Waals surface area contributed by atoms with E-state index in [9.17, 15) is 0 Å². The van der Waals surface area contributed by atoms with Gasteiger partial charge in [-0.1, -0.05) is 37.3 Å². The highest BCUT2D eigenvalue weighted by Crippen LogP contribution is 2.26. The zero-order chi connectivity index (χ0) is 11.6. The van der Waals surface area contributed by atoms with Crippen LogP contribution in [0.25, 0.3) is 0 Å². The summed E-state index contributed by atoms with van der Waals surface area (Å²) in [7, 11) is 1.80. The zero-order valence-electron chi connectivity index (χ0n) is 10.4. The fourth-order valence-electron chi connectivity index (χ4n) is 2.43. The van der Waals surface area contributed by atoms with Gasteiger partial charge in [-0.25, -0.2) is 0 Å². The van der Waals surface area contributed by atoms with Crippen molar-refractivity contribution in [2.75, 3.05) is 26.7 Å². The number of hydrogen-bond donors (Lipinski definition) is 0. The quantitative estimate of drug-likeness (QED) is 0.771. The van der Waals surface area contributed by atoms with Crippen molar-refractivity contribution in [3.63, 3.8) is 0 Å². The van der Waals surface area contributed by atoms with Crippen molar-refractivity contribution in [3.8, 4) is 0 Å². The largest absolute Gasteiger partial charge is 0.376 e. The van der Waals surface area contributed by atoms with E-state index >= 15 is 0 Å². The first kappa shape index (κ1) is 11.6. The molecule has 1 aliphatic rings. The Labute approximate surface area is 98.2 Å². The average Bonchev–Trinajstić information content (AvgIpc) is 2.28. The highest BCUT2D eigenvalue weighted by atomic mass is 16.5. The minimum atomic E-state index is 0.0937. The van der Waals surface area contributed by atoms with Crippen molar-refractivity contribution in [2.45, 2.75) is 25.4 Å². The van der Waals surface area contributed by atoms with Crippen molar-refractivity contribution in [2.24, 2.45) is 0 Å². The minimum Gasteiger partial charge on any atom is -0.376 e. The Kier molecular flexibility index (Phi) is 3.31. The molecule has 0 amide bonds. The molecule has 1 atom stereocenters. The van der Waals surface area contributed by atoms with E-state index in [4.69, 9.17) is 4.74 Å². The zero-order valence-corrected chi connectivity index (χ0v) is 10.4. The van der Waals surface area contributed by atoms with Crippen molar-refractivity contribution in [1.82, 2.24) is 4.90 Å². The van der Waals surface area contributed by atoms with Crippen molar-refractivity contribution in [1.29, 1.82) is 0 Å². The van der Waals surface area contributed by atoms with Gasteiger partial charge in [0.2, 0.25) is 0 Å². The summed E-state index contributed by atoms with van der Waals surface area (Å²) in [6.45, 7) is 7.71. The molecule has 0 saturated carbocycles. The SMILES string of the molecule is COC1(C)CN(C[C@@H](C)c2ccccc2)C1. The topological polar surface area (TPSA) is 12.5 Å². The fourth-order valence-corrected chi connectivity index (χ4v) is 2.43. The van der Waals surface area contributed by atoms with Crippen LogP contribution < -0.4 is 0 Å². The first-order valence-electron chi connectivity index (χ1n) is 5.95. The normalized spacial score (nSPS) is 21.4. The van der Waals surface area contributed by atoms with Gasteiger partial charge in [-0.05, 0) is 18.4 Å². The fraction of sp³-hybridized carbons (Fsp3) is 0.571. The second-order valence-electron chi connectivity index (χ2n) is 5.14. The Bertz CT molecular complexity index is 330. The number of benzene rings is 1. The van der Waals surface area contributed by atoms with Crippen molar-refractivity contribution < 1.29 is 4.74 Å². The molecule has 0 aliphatic carbocycles. The van der Waals surface area contributed by atoms with Gasteiger partial charge < -0.3 is 4.74 Å². The maximum Gasteiger partial charge on any atom is 0.0903 e. The maximum atomic E-state index is 5.45. The smallest absolute Gasteiger partial charge is 0.0903 e. The molecule has 2 nitrogen and oxygen atoms in total. The summed E-state index contributed by atoms with van der Waals surface area (Å²) in [6, 6.07) is 10.7. The molecule has 2 heteroatoms. The molecule has 0 radical (unpaired) electrons. The van der Waals surface area contributed by atoms with Gasteiger partial charge in [0, 0.05) is 26.7 Å². The lowest BCUT2D eigenvalue weighted by atomic mass is 9.93. The molecule has 1 saturated heterocycles. The average molecular weight is 219 g/mol. The van der Waals surface area contributed by atoms with E-state index in [1.807, 2.05) is 0 Å². The number of rotatable bonds is 4. The van der Waals surface area contributed by atoms with E-state index in [1.54, 1.807) is 7.11 Å². The van der Waals surface area contributed by atoms with Crippen LogP contribution in [-0.2, 0) is 4.74 Å². The molecule has 2 rings (SSSR count). The molecule has 0 bridgehead atoms. The number of ether oxygens (including phenoxy) is 1. The van der Waals surface area contributed by atoms with E-state index in [1.165, 1.54) is 5.56 Å². The van der Waals surface area contributed by atoms with Gasteiger partial charge in [-0.15, -0.1) is 0 Å². The lowest BCUT2D eigenvalue weighted by Gasteiger charge is -2.47. The minimum absolute atomic E-state index is 0.0937. The lowest BCUT2D eigenvalue weighted by molar-refractivity contribution is -0.112. The Balaban J connectivity index is 1.84. The number of likely N-dealkylation sites (tertiary alicyclic amines) is 1. The summed E-state index contributed by atoms with van der Waals surface area (Å²) < 4.78 is 5.45. The van der Waals surface area contributed by atoms with Gasteiger partial charge in [0.1, 0.15) is 0 Å². The van der Waals surface area contributed by atoms with E-state index in [0.29, 0.717) is 5.92 Å². The van der Waals surface area contributed by atoms with Crippen LogP contribution in [0.4, 0.5) is 0 Å². The molecule has 1 fully saturated rings. The Morgan fingerprint density at radius 1 is 1.31 bits per heavy atom. The third kappa shape index (κ3) is 2.45. The van der Waals surface area contributed by atoms with Crippen molar-refractivity contribution >= 4 is 0 Å². The van der Waals surface area contributed by atoms with Gasteiger partial charge in [0.25, 0.3) is 0 Å². The highest BCUT2D eigenvalue weighted by Gasteiger charge is 2.38. The molecule has 1 aromatic carbocycles. The first-order valence-corrected chi connectivity index (χ1v) is 5.95. The van der Waals surface area contributed by atoms with E-state index in [0.717, 1.165) is 19.6 Å². The summed E-state index contributed by atoms with van der Waals surface area (Å²) >= 11 is 0. The second kappa shape index (κ2) is 4.56. The Morgan fingerprint density at radius 2 is 1.94 bits per heavy atom. The third-order valence-electron chi connectivity index (χ3n) is 3.51. The van der Waals surface area contributed by atoms with E-state index in [-0.39, 0.29) is 5.60 Å². The summed E-state index contributed by atoms with van der Waals surface area (Å²) in [5.41, 5.74) is 1.52. The highest BCUT2D eigenvalue weighted by molar-refractivity contribution is 5.19. The van der Waals surface area contributed by atoms with Crippen molar-refractivity contribution in [3.05, 3.63) is 35.9 Å². The monoisotopic (exact) mass is 219 g/mol. The van der Waals surface area contributed by atoms with Crippen LogP contribution in [0.15, 0.2) is 30.3 Å². The van der Waals surface area contributed by atoms with Crippen LogP contribution in [0.1, 0.15) is 25.3 Å². The summed E-state index contributed by atoms with van der Waals surface area (Å²) in [5.74, 6) is 0.600. The molecule has 0 unspecified atom stereocenters. The van der Waals surface area contributed by atoms with Gasteiger partial charge >= 0.3 is 0 Å². The summed E-state index contributed by atoms with van der Waals surface area (Å²) in [6.07, 6.45) is 0. The second-order valence-corrected chi connectivity index (χ2v) is 5.14. The summed E-state index contributed by atoms with van der Waals surface area (Å²) in [5, 5.41) is 0. The summed E-state index contributed by atoms with van der Waals surface area (Å²) in [4.78, 5) is 2.46. The Hall–Kier alpha value is -0.860. The van der Waals surface area contributed by atoms with Crippen LogP contribution in [0.2, 0.25) is 0 Å². The van der Waals surface area contributed by atoms with Gasteiger partial charge in [0.15, 0.2) is 0 Å². The number of hydrogen-bond acceptors (Lipinski definition) is 2. The predicted octanol–water partition coefficient (Wildman–Crippen LogP) is 2.51. The number of nitrogens with zero attached hydrogens (tertiary/aromatic N) is 1. The van der Waals surface area contributed by atoms with Crippen LogP contribution in [0, 0.1) is 0 Å². The molecule has 0 aromatic heterocycles.